The van der Waals surface area contributed by atoms with Gasteiger partial charge in [0.05, 0.1) is 12.1 Å². The summed E-state index contributed by atoms with van der Waals surface area (Å²) in [5, 5.41) is 11.5. The molecule has 1 aromatic heterocycles. The van der Waals surface area contributed by atoms with E-state index in [9.17, 15) is 24.3 Å². The molecule has 2 aromatic rings. The number of pyridine rings is 1. The number of nitrogens with zero attached hydrogens (tertiary/aromatic N) is 1. The van der Waals surface area contributed by atoms with Gasteiger partial charge in [-0.15, -0.1) is 0 Å². The van der Waals surface area contributed by atoms with Crippen molar-refractivity contribution in [2.75, 3.05) is 7.05 Å². The molecule has 7 heteroatoms. The van der Waals surface area contributed by atoms with E-state index < -0.39 is 17.4 Å². The summed E-state index contributed by atoms with van der Waals surface area (Å²) < 4.78 is 1.15. The van der Waals surface area contributed by atoms with Gasteiger partial charge in [0.1, 0.15) is 5.56 Å². The number of rotatable bonds is 5. The summed E-state index contributed by atoms with van der Waals surface area (Å²) in [6.45, 7) is 1.48. The second-order valence-electron chi connectivity index (χ2n) is 5.22. The summed E-state index contributed by atoms with van der Waals surface area (Å²) >= 11 is 0. The number of carboxylic acid groups (broad SMARTS) is 1. The van der Waals surface area contributed by atoms with Gasteiger partial charge in [0.15, 0.2) is 5.78 Å². The Labute approximate surface area is 137 Å². The number of aromatic carboxylic acids is 1. The average molecular weight is 328 g/mol. The van der Waals surface area contributed by atoms with Crippen molar-refractivity contribution in [2.45, 2.75) is 13.5 Å². The Kier molecular flexibility index (Phi) is 4.93. The fourth-order valence-electron chi connectivity index (χ4n) is 2.25. The predicted molar refractivity (Wildman–Crippen MR) is 86.6 cm³/mol. The van der Waals surface area contributed by atoms with Gasteiger partial charge < -0.3 is 15.0 Å². The zero-order valence-electron chi connectivity index (χ0n) is 13.2. The zero-order chi connectivity index (χ0) is 17.9. The molecule has 24 heavy (non-hydrogen) atoms. The van der Waals surface area contributed by atoms with Crippen LogP contribution in [0.15, 0.2) is 41.3 Å². The second kappa shape index (κ2) is 6.91. The van der Waals surface area contributed by atoms with Crippen LogP contribution in [0.4, 0.5) is 0 Å². The number of carbonyl (C=O) groups is 3. The second-order valence-corrected chi connectivity index (χ2v) is 5.22. The van der Waals surface area contributed by atoms with E-state index in [2.05, 4.69) is 5.32 Å². The van der Waals surface area contributed by atoms with Crippen LogP contribution >= 0.6 is 0 Å². The Bertz CT molecular complexity index is 883. The fraction of sp³-hybridized carbons (Fsp3) is 0.176. The van der Waals surface area contributed by atoms with Crippen LogP contribution < -0.4 is 10.9 Å². The highest BCUT2D eigenvalue weighted by Crippen LogP contribution is 2.09. The number of benzene rings is 1. The van der Waals surface area contributed by atoms with Gasteiger partial charge >= 0.3 is 5.97 Å². The van der Waals surface area contributed by atoms with Crippen LogP contribution in [0.2, 0.25) is 0 Å². The molecule has 0 saturated heterocycles. The summed E-state index contributed by atoms with van der Waals surface area (Å²) in [5.74, 6) is -2.02. The first-order valence-electron chi connectivity index (χ1n) is 7.13. The maximum atomic E-state index is 12.4. The minimum Gasteiger partial charge on any atom is -0.478 e. The molecule has 124 valence electrons. The number of Topliss-reactive ketones (excluding diaryl/α,β-unsaturated/α-hetero) is 1. The van der Waals surface area contributed by atoms with Gasteiger partial charge in [0.25, 0.3) is 11.5 Å². The molecular weight excluding hydrogens is 312 g/mol. The highest BCUT2D eigenvalue weighted by molar-refractivity contribution is 5.97. The summed E-state index contributed by atoms with van der Waals surface area (Å²) in [5.41, 5.74) is 0.111. The highest BCUT2D eigenvalue weighted by atomic mass is 16.4. The minimum absolute atomic E-state index is 0.0467. The molecule has 1 aromatic carbocycles. The smallest absolute Gasteiger partial charge is 0.337 e. The van der Waals surface area contributed by atoms with E-state index in [0.717, 1.165) is 10.6 Å². The Morgan fingerprint density at radius 2 is 1.88 bits per heavy atom. The molecule has 1 amide bonds. The Morgan fingerprint density at radius 1 is 1.17 bits per heavy atom. The molecule has 0 saturated carbocycles. The quantitative estimate of drug-likeness (QED) is 0.801. The molecule has 0 unspecified atom stereocenters. The number of ketones is 1. The van der Waals surface area contributed by atoms with Gasteiger partial charge in [-0.1, -0.05) is 18.2 Å². The predicted octanol–water partition coefficient (Wildman–Crippen LogP) is 1.16. The van der Waals surface area contributed by atoms with E-state index in [1.54, 1.807) is 24.3 Å². The summed E-state index contributed by atoms with van der Waals surface area (Å²) in [6, 6.07) is 7.72. The monoisotopic (exact) mass is 328 g/mol. The van der Waals surface area contributed by atoms with E-state index in [-0.39, 0.29) is 23.5 Å². The lowest BCUT2D eigenvalue weighted by Crippen LogP contribution is -2.32. The van der Waals surface area contributed by atoms with Crippen molar-refractivity contribution < 1.29 is 19.5 Å². The van der Waals surface area contributed by atoms with Crippen molar-refractivity contribution in [3.63, 3.8) is 0 Å². The van der Waals surface area contributed by atoms with Crippen LogP contribution in [0.25, 0.3) is 0 Å². The molecule has 0 aliphatic heterocycles. The van der Waals surface area contributed by atoms with Crippen molar-refractivity contribution >= 4 is 17.7 Å². The lowest BCUT2D eigenvalue weighted by atomic mass is 10.1. The Morgan fingerprint density at radius 3 is 2.46 bits per heavy atom. The molecule has 1 heterocycles. The molecule has 2 N–H and O–H groups in total. The van der Waals surface area contributed by atoms with Crippen LogP contribution in [0, 0.1) is 0 Å². The van der Waals surface area contributed by atoms with Crippen molar-refractivity contribution in [1.29, 1.82) is 0 Å². The number of amides is 1. The molecule has 0 aliphatic rings. The molecule has 2 rings (SSSR count). The van der Waals surface area contributed by atoms with Gasteiger partial charge in [-0.2, -0.15) is 0 Å². The third kappa shape index (κ3) is 3.57. The first-order valence-corrected chi connectivity index (χ1v) is 7.13. The maximum Gasteiger partial charge on any atom is 0.337 e. The Hall–Kier alpha value is -3.22. The van der Waals surface area contributed by atoms with E-state index in [1.165, 1.54) is 20.2 Å². The van der Waals surface area contributed by atoms with Gasteiger partial charge in [-0.25, -0.2) is 4.79 Å². The number of aromatic nitrogens is 1. The van der Waals surface area contributed by atoms with E-state index in [1.807, 2.05) is 0 Å². The van der Waals surface area contributed by atoms with Gasteiger partial charge in [0.2, 0.25) is 0 Å². The number of carbonyl (C=O) groups excluding carboxylic acids is 2. The molecular formula is C17H16N2O5. The zero-order valence-corrected chi connectivity index (χ0v) is 13.2. The van der Waals surface area contributed by atoms with Gasteiger partial charge in [0, 0.05) is 18.8 Å². The first kappa shape index (κ1) is 17.1. The summed E-state index contributed by atoms with van der Waals surface area (Å²) in [4.78, 5) is 46.9. The fourth-order valence-corrected chi connectivity index (χ4v) is 2.25. The first-order chi connectivity index (χ1) is 11.3. The van der Waals surface area contributed by atoms with Crippen molar-refractivity contribution in [3.05, 3.63) is 69.1 Å². The third-order valence-corrected chi connectivity index (χ3v) is 3.49. The lowest BCUT2D eigenvalue weighted by Gasteiger charge is -2.10. The summed E-state index contributed by atoms with van der Waals surface area (Å²) in [7, 11) is 1.36. The molecule has 0 radical (unpaired) electrons. The van der Waals surface area contributed by atoms with Crippen LogP contribution in [0.5, 0.6) is 0 Å². The van der Waals surface area contributed by atoms with Crippen LogP contribution in [-0.2, 0) is 6.54 Å². The highest BCUT2D eigenvalue weighted by Gasteiger charge is 2.16. The number of carboxylic acids is 1. The van der Waals surface area contributed by atoms with Crippen LogP contribution in [0.3, 0.4) is 0 Å². The number of hydrogen-bond acceptors (Lipinski definition) is 4. The lowest BCUT2D eigenvalue weighted by molar-refractivity contribution is 0.0695. The number of nitrogens with one attached hydrogen (secondary N) is 1. The van der Waals surface area contributed by atoms with Gasteiger partial charge in [-0.05, 0) is 24.6 Å². The molecule has 0 aliphatic carbocycles. The minimum atomic E-state index is -1.24. The molecule has 0 spiro atoms. The summed E-state index contributed by atoms with van der Waals surface area (Å²) in [6.07, 6.45) is 1.18. The largest absolute Gasteiger partial charge is 0.478 e. The Balaban J connectivity index is 2.53. The van der Waals surface area contributed by atoms with Crippen LogP contribution in [0.1, 0.15) is 43.6 Å². The van der Waals surface area contributed by atoms with Crippen molar-refractivity contribution in [1.82, 2.24) is 9.88 Å². The van der Waals surface area contributed by atoms with E-state index in [4.69, 9.17) is 0 Å². The van der Waals surface area contributed by atoms with Crippen LogP contribution in [-0.4, -0.2) is 34.4 Å². The molecule has 7 nitrogen and oxygen atoms in total. The van der Waals surface area contributed by atoms with E-state index >= 15 is 0 Å². The van der Waals surface area contributed by atoms with Gasteiger partial charge in [-0.3, -0.25) is 14.4 Å². The molecule has 0 bridgehead atoms. The van der Waals surface area contributed by atoms with Crippen molar-refractivity contribution in [3.8, 4) is 0 Å². The average Bonchev–Trinajstić information content (AvgIpc) is 2.56. The molecule has 0 fully saturated rings. The topological polar surface area (TPSA) is 105 Å². The maximum absolute atomic E-state index is 12.4. The molecule has 0 atom stereocenters. The third-order valence-electron chi connectivity index (χ3n) is 3.49. The normalized spacial score (nSPS) is 10.2. The van der Waals surface area contributed by atoms with Crippen molar-refractivity contribution in [2.24, 2.45) is 0 Å². The van der Waals surface area contributed by atoms with E-state index in [0.29, 0.717) is 11.1 Å². The standard InChI is InChI=1S/C17H16N2O5/c1-10(20)12-5-3-4-11(6-12)8-19-9-13(17(23)24)7-14(16(19)22)15(21)18-2/h3-7,9H,8H2,1-2H3,(H,18,21)(H,23,24). The SMILES string of the molecule is CNC(=O)c1cc(C(=O)O)cn(Cc2cccc(C(C)=O)c2)c1=O. The number of hydrogen-bond donors (Lipinski definition) is 2.